The highest BCUT2D eigenvalue weighted by Crippen LogP contribution is 2.18. The van der Waals surface area contributed by atoms with Crippen LogP contribution in [-0.4, -0.2) is 17.2 Å². The Balaban J connectivity index is 2.24. The first-order valence-corrected chi connectivity index (χ1v) is 6.52. The predicted molar refractivity (Wildman–Crippen MR) is 73.1 cm³/mol. The minimum atomic E-state index is 0.645. The highest BCUT2D eigenvalue weighted by atomic mass is 32.2. The second-order valence-electron chi connectivity index (χ2n) is 3.56. The maximum absolute atomic E-state index is 11.9. The van der Waals surface area contributed by atoms with Crippen molar-refractivity contribution in [3.63, 3.8) is 0 Å². The van der Waals surface area contributed by atoms with Crippen molar-refractivity contribution in [3.05, 3.63) is 65.4 Å². The van der Waals surface area contributed by atoms with Crippen LogP contribution in [0, 0.1) is 5.21 Å². The highest BCUT2D eigenvalue weighted by molar-refractivity contribution is 7.98. The minimum absolute atomic E-state index is 0.645. The second kappa shape index (κ2) is 5.55. The molecule has 0 unspecified atom stereocenters. The molecule has 2 nitrogen and oxygen atoms in total. The van der Waals surface area contributed by atoms with Crippen molar-refractivity contribution in [2.75, 3.05) is 6.26 Å². The molecule has 2 aromatic rings. The van der Waals surface area contributed by atoms with E-state index in [1.807, 2.05) is 60.9 Å². The topological polar surface area (TPSA) is 26.1 Å². The summed E-state index contributed by atoms with van der Waals surface area (Å²) in [7, 11) is 0. The molecule has 0 bridgehead atoms. The lowest BCUT2D eigenvalue weighted by atomic mass is 10.2. The molecule has 3 heteroatoms. The first kappa shape index (κ1) is 11.7. The summed E-state index contributed by atoms with van der Waals surface area (Å²) in [6.45, 7) is 0. The summed E-state index contributed by atoms with van der Waals surface area (Å²) < 4.78 is 0.888. The monoisotopic (exact) mass is 243 g/mol. The van der Waals surface area contributed by atoms with E-state index in [9.17, 15) is 5.21 Å². The molecule has 0 radical (unpaired) electrons. The smallest absolute Gasteiger partial charge is 0.216 e. The van der Waals surface area contributed by atoms with E-state index in [1.165, 1.54) is 0 Å². The molecular formula is C14H13NOS. The van der Waals surface area contributed by atoms with Gasteiger partial charge in [0.05, 0.1) is 0 Å². The van der Waals surface area contributed by atoms with E-state index in [2.05, 4.69) is 0 Å². The Hall–Kier alpha value is -1.74. The van der Waals surface area contributed by atoms with Gasteiger partial charge < -0.3 is 5.21 Å². The van der Waals surface area contributed by atoms with Crippen molar-refractivity contribution in [1.29, 1.82) is 0 Å². The van der Waals surface area contributed by atoms with Crippen LogP contribution >= 0.6 is 11.8 Å². The lowest BCUT2D eigenvalue weighted by Gasteiger charge is -2.03. The fourth-order valence-electron chi connectivity index (χ4n) is 1.48. The second-order valence-corrected chi connectivity index (χ2v) is 4.44. The van der Waals surface area contributed by atoms with Gasteiger partial charge >= 0.3 is 0 Å². The third-order valence-electron chi connectivity index (χ3n) is 2.39. The average molecular weight is 243 g/mol. The molecule has 0 aliphatic carbocycles. The summed E-state index contributed by atoms with van der Waals surface area (Å²) in [5.74, 6) is 0. The van der Waals surface area contributed by atoms with E-state index >= 15 is 0 Å². The van der Waals surface area contributed by atoms with E-state index in [4.69, 9.17) is 0 Å². The number of thioether (sulfide) groups is 1. The SMILES string of the molecule is CSc1ccc(/[N+]([O-])=C/c2ccccc2)cc1. The van der Waals surface area contributed by atoms with Crippen LogP contribution in [0.2, 0.25) is 0 Å². The molecule has 0 amide bonds. The molecule has 17 heavy (non-hydrogen) atoms. The summed E-state index contributed by atoms with van der Waals surface area (Å²) in [4.78, 5) is 1.15. The van der Waals surface area contributed by atoms with Gasteiger partial charge in [0.2, 0.25) is 5.69 Å². The lowest BCUT2D eigenvalue weighted by Crippen LogP contribution is -1.98. The molecule has 0 atom stereocenters. The van der Waals surface area contributed by atoms with Crippen molar-refractivity contribution >= 4 is 23.7 Å². The van der Waals surface area contributed by atoms with Gasteiger partial charge in [-0.1, -0.05) is 18.2 Å². The van der Waals surface area contributed by atoms with Gasteiger partial charge in [0.15, 0.2) is 6.21 Å². The molecule has 86 valence electrons. The van der Waals surface area contributed by atoms with Crippen molar-refractivity contribution in [2.45, 2.75) is 4.90 Å². The molecule has 0 saturated carbocycles. The zero-order valence-corrected chi connectivity index (χ0v) is 10.4. The van der Waals surface area contributed by atoms with Gasteiger partial charge in [-0.05, 0) is 30.5 Å². The van der Waals surface area contributed by atoms with Gasteiger partial charge in [-0.2, -0.15) is 4.74 Å². The van der Waals surface area contributed by atoms with E-state index in [1.54, 1.807) is 18.0 Å². The fourth-order valence-corrected chi connectivity index (χ4v) is 1.89. The third kappa shape index (κ3) is 3.11. The van der Waals surface area contributed by atoms with Gasteiger partial charge in [-0.15, -0.1) is 11.8 Å². The van der Waals surface area contributed by atoms with E-state index in [0.29, 0.717) is 5.69 Å². The molecule has 0 fully saturated rings. The third-order valence-corrected chi connectivity index (χ3v) is 3.14. The lowest BCUT2D eigenvalue weighted by molar-refractivity contribution is -0.354. The van der Waals surface area contributed by atoms with E-state index in [-0.39, 0.29) is 0 Å². The van der Waals surface area contributed by atoms with E-state index < -0.39 is 0 Å². The number of hydrogen-bond donors (Lipinski definition) is 0. The Morgan fingerprint density at radius 1 is 1.00 bits per heavy atom. The largest absolute Gasteiger partial charge is 0.618 e. The fraction of sp³-hybridized carbons (Fsp3) is 0.0714. The first-order chi connectivity index (χ1) is 8.29. The zero-order chi connectivity index (χ0) is 12.1. The van der Waals surface area contributed by atoms with Gasteiger partial charge in [0.25, 0.3) is 0 Å². The molecule has 2 rings (SSSR count). The minimum Gasteiger partial charge on any atom is -0.618 e. The van der Waals surface area contributed by atoms with Crippen LogP contribution in [-0.2, 0) is 0 Å². The molecule has 0 aliphatic heterocycles. The molecule has 0 N–H and O–H groups in total. The Morgan fingerprint density at radius 2 is 1.65 bits per heavy atom. The number of benzene rings is 2. The summed E-state index contributed by atoms with van der Waals surface area (Å²) in [5.41, 5.74) is 1.54. The van der Waals surface area contributed by atoms with E-state index in [0.717, 1.165) is 15.2 Å². The molecule has 0 heterocycles. The summed E-state index contributed by atoms with van der Waals surface area (Å²) in [6, 6.07) is 17.1. The Labute approximate surface area is 105 Å². The quantitative estimate of drug-likeness (QED) is 0.270. The van der Waals surface area contributed by atoms with Gasteiger partial charge in [0.1, 0.15) is 0 Å². The highest BCUT2D eigenvalue weighted by Gasteiger charge is 2.01. The van der Waals surface area contributed by atoms with Crippen molar-refractivity contribution in [3.8, 4) is 0 Å². The summed E-state index contributed by atoms with van der Waals surface area (Å²) in [5, 5.41) is 11.9. The van der Waals surface area contributed by atoms with Gasteiger partial charge in [0, 0.05) is 22.6 Å². The Bertz CT molecular complexity index is 506. The standard InChI is InChI=1S/C14H13NOS/c1-17-14-9-7-13(8-10-14)15(16)11-12-5-3-2-4-6-12/h2-11H,1H3/b15-11-. The molecule has 0 aromatic heterocycles. The van der Waals surface area contributed by atoms with Crippen molar-refractivity contribution in [2.24, 2.45) is 0 Å². The maximum Gasteiger partial charge on any atom is 0.216 e. The van der Waals surface area contributed by atoms with Crippen molar-refractivity contribution in [1.82, 2.24) is 0 Å². The molecule has 0 aliphatic rings. The van der Waals surface area contributed by atoms with Crippen LogP contribution in [0.25, 0.3) is 0 Å². The van der Waals surface area contributed by atoms with Crippen LogP contribution in [0.3, 0.4) is 0 Å². The molecule has 0 spiro atoms. The number of nitrogens with zero attached hydrogens (tertiary/aromatic N) is 1. The zero-order valence-electron chi connectivity index (χ0n) is 9.54. The van der Waals surface area contributed by atoms with Crippen molar-refractivity contribution < 1.29 is 4.74 Å². The number of rotatable bonds is 3. The first-order valence-electron chi connectivity index (χ1n) is 5.30. The molecule has 0 saturated heterocycles. The summed E-state index contributed by atoms with van der Waals surface area (Å²) in [6.07, 6.45) is 3.59. The van der Waals surface area contributed by atoms with Crippen LogP contribution in [0.1, 0.15) is 5.56 Å². The Kier molecular flexibility index (Phi) is 3.83. The van der Waals surface area contributed by atoms with Gasteiger partial charge in [-0.3, -0.25) is 0 Å². The van der Waals surface area contributed by atoms with Crippen LogP contribution in [0.4, 0.5) is 5.69 Å². The van der Waals surface area contributed by atoms with Crippen LogP contribution in [0.5, 0.6) is 0 Å². The predicted octanol–water partition coefficient (Wildman–Crippen LogP) is 3.67. The van der Waals surface area contributed by atoms with Crippen LogP contribution < -0.4 is 0 Å². The molecular weight excluding hydrogens is 230 g/mol. The maximum atomic E-state index is 11.9. The average Bonchev–Trinajstić information content (AvgIpc) is 2.40. The van der Waals surface area contributed by atoms with Gasteiger partial charge in [-0.25, -0.2) is 0 Å². The normalized spacial score (nSPS) is 11.5. The summed E-state index contributed by atoms with van der Waals surface area (Å²) >= 11 is 1.66. The molecule has 2 aromatic carbocycles. The van der Waals surface area contributed by atoms with Crippen LogP contribution in [0.15, 0.2) is 59.5 Å². The number of hydrogen-bond acceptors (Lipinski definition) is 2. The Morgan fingerprint density at radius 3 is 2.24 bits per heavy atom.